The topological polar surface area (TPSA) is 122 Å². The van der Waals surface area contributed by atoms with E-state index in [-0.39, 0.29) is 17.9 Å². The van der Waals surface area contributed by atoms with E-state index in [1.165, 1.54) is 18.2 Å². The maximum Gasteiger partial charge on any atom is 0.337 e. The number of carbonyl (C=O) groups is 3. The maximum absolute atomic E-state index is 13.3. The van der Waals surface area contributed by atoms with E-state index >= 15 is 0 Å². The number of methoxy groups -OCH3 is 2. The van der Waals surface area contributed by atoms with Gasteiger partial charge in [0, 0.05) is 41.6 Å². The van der Waals surface area contributed by atoms with Gasteiger partial charge in [0.2, 0.25) is 0 Å². The number of ether oxygens (including phenoxy) is 2. The number of aromatic nitrogens is 2. The highest BCUT2D eigenvalue weighted by Gasteiger charge is 2.46. The minimum atomic E-state index is -0.860. The van der Waals surface area contributed by atoms with E-state index in [9.17, 15) is 19.5 Å². The zero-order valence-corrected chi connectivity index (χ0v) is 20.8. The molecule has 1 saturated heterocycles. The summed E-state index contributed by atoms with van der Waals surface area (Å²) in [5.41, 5.74) is 3.07. The smallest absolute Gasteiger partial charge is 0.337 e. The summed E-state index contributed by atoms with van der Waals surface area (Å²) in [6.45, 7) is 0.210. The zero-order chi connectivity index (χ0) is 26.8. The van der Waals surface area contributed by atoms with Crippen LogP contribution >= 0.6 is 0 Å². The van der Waals surface area contributed by atoms with Gasteiger partial charge in [-0.15, -0.1) is 0 Å². The van der Waals surface area contributed by atoms with Gasteiger partial charge in [-0.3, -0.25) is 14.6 Å². The van der Waals surface area contributed by atoms with Gasteiger partial charge in [0.05, 0.1) is 31.4 Å². The van der Waals surface area contributed by atoms with Crippen molar-refractivity contribution in [2.75, 3.05) is 20.8 Å². The molecular formula is C29H25N3O6. The first-order valence-electron chi connectivity index (χ1n) is 11.9. The highest BCUT2D eigenvalue weighted by molar-refractivity contribution is 6.46. The molecule has 4 aromatic rings. The molecule has 0 saturated carbocycles. The Kier molecular flexibility index (Phi) is 6.66. The molecule has 0 bridgehead atoms. The molecule has 1 aliphatic heterocycles. The molecule has 5 rings (SSSR count). The average molecular weight is 512 g/mol. The van der Waals surface area contributed by atoms with Crippen molar-refractivity contribution >= 4 is 34.3 Å². The van der Waals surface area contributed by atoms with E-state index in [1.54, 1.807) is 49.7 Å². The minimum absolute atomic E-state index is 0.0330. The van der Waals surface area contributed by atoms with Crippen molar-refractivity contribution in [2.45, 2.75) is 12.5 Å². The molecule has 38 heavy (non-hydrogen) atoms. The van der Waals surface area contributed by atoms with Crippen molar-refractivity contribution in [1.29, 1.82) is 0 Å². The molecule has 9 nitrogen and oxygen atoms in total. The van der Waals surface area contributed by atoms with E-state index < -0.39 is 23.7 Å². The molecule has 3 heterocycles. The Balaban J connectivity index is 1.55. The second-order valence-corrected chi connectivity index (χ2v) is 8.82. The van der Waals surface area contributed by atoms with Gasteiger partial charge < -0.3 is 24.5 Å². The van der Waals surface area contributed by atoms with Crippen LogP contribution in [0.1, 0.15) is 33.1 Å². The Labute approximate surface area is 218 Å². The van der Waals surface area contributed by atoms with Gasteiger partial charge >= 0.3 is 5.97 Å². The predicted molar refractivity (Wildman–Crippen MR) is 140 cm³/mol. The Hall–Kier alpha value is -4.92. The number of Topliss-reactive ketones (excluding diaryl/α,β-unsaturated/α-hetero) is 1. The minimum Gasteiger partial charge on any atom is -0.507 e. The lowest BCUT2D eigenvalue weighted by molar-refractivity contribution is -0.139. The summed E-state index contributed by atoms with van der Waals surface area (Å²) in [7, 11) is 2.89. The summed E-state index contributed by atoms with van der Waals surface area (Å²) < 4.78 is 10.1. The molecule has 0 radical (unpaired) electrons. The molecule has 2 aromatic carbocycles. The highest BCUT2D eigenvalue weighted by atomic mass is 16.5. The molecular weight excluding hydrogens is 486 g/mol. The molecule has 192 valence electrons. The van der Waals surface area contributed by atoms with Gasteiger partial charge in [-0.05, 0) is 60.0 Å². The number of hydrogen-bond acceptors (Lipinski definition) is 7. The van der Waals surface area contributed by atoms with Crippen LogP contribution in [0.4, 0.5) is 0 Å². The lowest BCUT2D eigenvalue weighted by Gasteiger charge is -2.25. The quantitative estimate of drug-likeness (QED) is 0.166. The zero-order valence-electron chi connectivity index (χ0n) is 20.8. The normalized spacial score (nSPS) is 16.7. The third-order valence-corrected chi connectivity index (χ3v) is 6.72. The predicted octanol–water partition coefficient (Wildman–Crippen LogP) is 4.02. The average Bonchev–Trinajstić information content (AvgIpc) is 3.48. The number of amides is 1. The molecule has 2 aromatic heterocycles. The van der Waals surface area contributed by atoms with E-state index in [2.05, 4.69) is 9.97 Å². The third kappa shape index (κ3) is 4.39. The summed E-state index contributed by atoms with van der Waals surface area (Å²) in [4.78, 5) is 47.2. The van der Waals surface area contributed by atoms with Crippen LogP contribution in [0.15, 0.2) is 78.8 Å². The maximum atomic E-state index is 13.3. The number of nitrogens with zero attached hydrogens (tertiary/aromatic N) is 2. The fourth-order valence-corrected chi connectivity index (χ4v) is 4.77. The number of ketones is 1. The number of esters is 1. The van der Waals surface area contributed by atoms with E-state index in [4.69, 9.17) is 9.47 Å². The molecule has 1 unspecified atom stereocenters. The van der Waals surface area contributed by atoms with E-state index in [0.717, 1.165) is 16.5 Å². The van der Waals surface area contributed by atoms with Crippen LogP contribution in [0.5, 0.6) is 5.75 Å². The number of H-pyrrole nitrogens is 1. The number of benzene rings is 2. The van der Waals surface area contributed by atoms with E-state index in [1.807, 2.05) is 24.4 Å². The number of hydrogen-bond donors (Lipinski definition) is 2. The summed E-state index contributed by atoms with van der Waals surface area (Å²) in [6, 6.07) is 14.5. The monoisotopic (exact) mass is 511 g/mol. The van der Waals surface area contributed by atoms with Crippen LogP contribution in [0.3, 0.4) is 0 Å². The van der Waals surface area contributed by atoms with E-state index in [0.29, 0.717) is 28.9 Å². The van der Waals surface area contributed by atoms with Crippen LogP contribution < -0.4 is 4.74 Å². The van der Waals surface area contributed by atoms with Crippen molar-refractivity contribution in [3.8, 4) is 5.75 Å². The number of aromatic amines is 1. The van der Waals surface area contributed by atoms with Crippen molar-refractivity contribution in [3.05, 3.63) is 101 Å². The van der Waals surface area contributed by atoms with Crippen molar-refractivity contribution in [2.24, 2.45) is 0 Å². The standard InChI is InChI=1S/C29H25N3O6/c1-37-21-9-10-23-22(14-21)19(16-31-23)11-13-32-25(17-5-7-18(8-6-17)29(36)38-2)24(27(34)28(32)35)26(33)20-4-3-12-30-15-20/h3-10,12,14-16,25,31,33H,11,13H2,1-2H3. The number of nitrogens with one attached hydrogen (secondary N) is 1. The summed E-state index contributed by atoms with van der Waals surface area (Å²) in [5.74, 6) is -1.60. The number of aliphatic hydroxyl groups excluding tert-OH is 1. The number of likely N-dealkylation sites (tertiary alicyclic amines) is 1. The van der Waals surface area contributed by atoms with Gasteiger partial charge in [-0.25, -0.2) is 4.79 Å². The van der Waals surface area contributed by atoms with Crippen LogP contribution in [0.2, 0.25) is 0 Å². The number of pyridine rings is 1. The lowest BCUT2D eigenvalue weighted by atomic mass is 9.95. The Morgan fingerprint density at radius 3 is 2.55 bits per heavy atom. The van der Waals surface area contributed by atoms with Crippen LogP contribution in [0.25, 0.3) is 16.7 Å². The summed E-state index contributed by atoms with van der Waals surface area (Å²) in [6.07, 6.45) is 5.30. The highest BCUT2D eigenvalue weighted by Crippen LogP contribution is 2.39. The van der Waals surface area contributed by atoms with Gasteiger partial charge in [-0.2, -0.15) is 0 Å². The fourth-order valence-electron chi connectivity index (χ4n) is 4.77. The SMILES string of the molecule is COC(=O)c1ccc(C2C(=C(O)c3cccnc3)C(=O)C(=O)N2CCc2c[nH]c3ccc(OC)cc23)cc1. The second kappa shape index (κ2) is 10.2. The van der Waals surface area contributed by atoms with Gasteiger partial charge in [0.1, 0.15) is 11.5 Å². The lowest BCUT2D eigenvalue weighted by Crippen LogP contribution is -2.31. The summed E-state index contributed by atoms with van der Waals surface area (Å²) in [5, 5.41) is 12.1. The van der Waals surface area contributed by atoms with Crippen LogP contribution in [0, 0.1) is 0 Å². The van der Waals surface area contributed by atoms with Crippen molar-refractivity contribution in [3.63, 3.8) is 0 Å². The fraction of sp³-hybridized carbons (Fsp3) is 0.172. The Bertz CT molecular complexity index is 1560. The molecule has 1 amide bonds. The van der Waals surface area contributed by atoms with Gasteiger partial charge in [0.15, 0.2) is 0 Å². The number of carbonyl (C=O) groups excluding carboxylic acids is 3. The first-order chi connectivity index (χ1) is 18.4. The molecule has 0 spiro atoms. The molecule has 2 N–H and O–H groups in total. The number of rotatable bonds is 7. The summed E-state index contributed by atoms with van der Waals surface area (Å²) >= 11 is 0. The molecule has 1 atom stereocenters. The Morgan fingerprint density at radius 1 is 1.08 bits per heavy atom. The Morgan fingerprint density at radius 2 is 1.87 bits per heavy atom. The second-order valence-electron chi connectivity index (χ2n) is 8.82. The number of aliphatic hydroxyl groups is 1. The number of fused-ring (bicyclic) bond motifs is 1. The first-order valence-corrected chi connectivity index (χ1v) is 11.9. The molecule has 1 aliphatic rings. The first kappa shape index (κ1) is 24.8. The van der Waals surface area contributed by atoms with Crippen LogP contribution in [-0.2, 0) is 20.7 Å². The third-order valence-electron chi connectivity index (χ3n) is 6.72. The van der Waals surface area contributed by atoms with Crippen LogP contribution in [-0.4, -0.2) is 58.4 Å². The molecule has 1 fully saturated rings. The van der Waals surface area contributed by atoms with Gasteiger partial charge in [-0.1, -0.05) is 12.1 Å². The van der Waals surface area contributed by atoms with Crippen molar-refractivity contribution < 1.29 is 29.0 Å². The van der Waals surface area contributed by atoms with Crippen molar-refractivity contribution in [1.82, 2.24) is 14.9 Å². The van der Waals surface area contributed by atoms with Gasteiger partial charge in [0.25, 0.3) is 11.7 Å². The molecule has 9 heteroatoms. The molecule has 0 aliphatic carbocycles. The largest absolute Gasteiger partial charge is 0.507 e.